The number of nitrogens with one attached hydrogen (secondary N) is 1. The molecule has 0 radical (unpaired) electrons. The fraction of sp³-hybridized carbons (Fsp3) is 0.333. The second kappa shape index (κ2) is 6.88. The van der Waals surface area contributed by atoms with Crippen molar-refractivity contribution in [3.05, 3.63) is 23.8 Å². The number of benzene rings is 1. The topological polar surface area (TPSA) is 116 Å². The molecule has 0 saturated carbocycles. The SMILES string of the molecule is CCOc1ccc(S(=O)(=O)NCCC#N)cc1C(=O)O. The molecule has 0 aliphatic carbocycles. The standard InChI is InChI=1S/C12H14N2O5S/c1-2-19-11-5-4-9(8-10(11)12(15)16)20(17,18)14-7-3-6-13/h4-5,8,14H,2-3,7H2,1H3,(H,15,16). The third-order valence-corrected chi connectivity index (χ3v) is 3.78. The molecule has 0 aliphatic heterocycles. The Labute approximate surface area is 116 Å². The Morgan fingerprint density at radius 2 is 2.20 bits per heavy atom. The van der Waals surface area contributed by atoms with E-state index in [0.717, 1.165) is 6.07 Å². The fourth-order valence-electron chi connectivity index (χ4n) is 1.45. The van der Waals surface area contributed by atoms with E-state index >= 15 is 0 Å². The molecular weight excluding hydrogens is 284 g/mol. The van der Waals surface area contributed by atoms with Crippen LogP contribution in [0.5, 0.6) is 5.75 Å². The highest BCUT2D eigenvalue weighted by Crippen LogP contribution is 2.22. The highest BCUT2D eigenvalue weighted by atomic mass is 32.2. The molecule has 0 amide bonds. The molecule has 0 atom stereocenters. The number of aromatic carboxylic acids is 1. The number of ether oxygens (including phenoxy) is 1. The van der Waals surface area contributed by atoms with Crippen LogP contribution in [-0.2, 0) is 10.0 Å². The van der Waals surface area contributed by atoms with Gasteiger partial charge < -0.3 is 9.84 Å². The van der Waals surface area contributed by atoms with Crippen LogP contribution >= 0.6 is 0 Å². The maximum atomic E-state index is 11.9. The molecular formula is C12H14N2O5S. The van der Waals surface area contributed by atoms with Crippen LogP contribution in [0.1, 0.15) is 23.7 Å². The molecule has 0 spiro atoms. The minimum absolute atomic E-state index is 0.0298. The van der Waals surface area contributed by atoms with Crippen LogP contribution in [-0.4, -0.2) is 32.6 Å². The van der Waals surface area contributed by atoms with Crippen molar-refractivity contribution in [3.63, 3.8) is 0 Å². The fourth-order valence-corrected chi connectivity index (χ4v) is 2.51. The molecule has 1 aromatic rings. The number of hydrogen-bond acceptors (Lipinski definition) is 5. The van der Waals surface area contributed by atoms with Crippen molar-refractivity contribution in [2.45, 2.75) is 18.2 Å². The molecule has 0 saturated heterocycles. The van der Waals surface area contributed by atoms with Crippen LogP contribution in [0.4, 0.5) is 0 Å². The van der Waals surface area contributed by atoms with Gasteiger partial charge >= 0.3 is 5.97 Å². The van der Waals surface area contributed by atoms with Gasteiger partial charge in [-0.05, 0) is 25.1 Å². The van der Waals surface area contributed by atoms with Crippen LogP contribution in [0.15, 0.2) is 23.1 Å². The van der Waals surface area contributed by atoms with Crippen LogP contribution in [0.3, 0.4) is 0 Å². The van der Waals surface area contributed by atoms with Gasteiger partial charge in [0.15, 0.2) is 0 Å². The van der Waals surface area contributed by atoms with Crippen molar-refractivity contribution in [2.75, 3.05) is 13.2 Å². The maximum absolute atomic E-state index is 11.9. The Bertz CT molecular complexity index is 634. The minimum Gasteiger partial charge on any atom is -0.493 e. The number of hydrogen-bond donors (Lipinski definition) is 2. The first-order valence-electron chi connectivity index (χ1n) is 5.79. The Balaban J connectivity index is 3.11. The lowest BCUT2D eigenvalue weighted by molar-refractivity contribution is 0.0692. The van der Waals surface area contributed by atoms with E-state index in [4.69, 9.17) is 15.1 Å². The van der Waals surface area contributed by atoms with E-state index in [2.05, 4.69) is 4.72 Å². The van der Waals surface area contributed by atoms with Crippen molar-refractivity contribution in [1.82, 2.24) is 4.72 Å². The smallest absolute Gasteiger partial charge is 0.339 e. The molecule has 0 unspecified atom stereocenters. The van der Waals surface area contributed by atoms with Crippen molar-refractivity contribution in [3.8, 4) is 11.8 Å². The van der Waals surface area contributed by atoms with Gasteiger partial charge in [0.1, 0.15) is 11.3 Å². The molecule has 0 bridgehead atoms. The van der Waals surface area contributed by atoms with Crippen molar-refractivity contribution in [2.24, 2.45) is 0 Å². The molecule has 0 aliphatic rings. The van der Waals surface area contributed by atoms with Crippen molar-refractivity contribution in [1.29, 1.82) is 5.26 Å². The quantitative estimate of drug-likeness (QED) is 0.725. The Hall–Kier alpha value is -2.11. The van der Waals surface area contributed by atoms with Gasteiger partial charge in [0.25, 0.3) is 0 Å². The molecule has 7 nitrogen and oxygen atoms in total. The molecule has 2 N–H and O–H groups in total. The number of carbonyl (C=O) groups is 1. The van der Waals surface area contributed by atoms with Gasteiger partial charge in [0, 0.05) is 13.0 Å². The van der Waals surface area contributed by atoms with E-state index < -0.39 is 16.0 Å². The van der Waals surface area contributed by atoms with Crippen LogP contribution < -0.4 is 9.46 Å². The highest BCUT2D eigenvalue weighted by molar-refractivity contribution is 7.89. The zero-order valence-electron chi connectivity index (χ0n) is 10.8. The van der Waals surface area contributed by atoms with Gasteiger partial charge in [-0.2, -0.15) is 5.26 Å². The van der Waals surface area contributed by atoms with Gasteiger partial charge in [-0.25, -0.2) is 17.9 Å². The van der Waals surface area contributed by atoms with Crippen molar-refractivity contribution < 1.29 is 23.1 Å². The summed E-state index contributed by atoms with van der Waals surface area (Å²) in [5.74, 6) is -1.17. The predicted molar refractivity (Wildman–Crippen MR) is 70.0 cm³/mol. The minimum atomic E-state index is -3.84. The number of sulfonamides is 1. The summed E-state index contributed by atoms with van der Waals surface area (Å²) in [5.41, 5.74) is -0.227. The van der Waals surface area contributed by atoms with E-state index in [-0.39, 0.29) is 35.8 Å². The first-order chi connectivity index (χ1) is 9.42. The average Bonchev–Trinajstić information content (AvgIpc) is 2.39. The number of nitrogens with zero attached hydrogens (tertiary/aromatic N) is 1. The second-order valence-corrected chi connectivity index (χ2v) is 5.47. The largest absolute Gasteiger partial charge is 0.493 e. The zero-order valence-corrected chi connectivity index (χ0v) is 11.6. The summed E-state index contributed by atoms with van der Waals surface area (Å²) in [5, 5.41) is 17.4. The molecule has 108 valence electrons. The van der Waals surface area contributed by atoms with E-state index in [1.807, 2.05) is 0 Å². The molecule has 0 fully saturated rings. The first kappa shape index (κ1) is 15.9. The third kappa shape index (κ3) is 3.94. The monoisotopic (exact) mass is 298 g/mol. The molecule has 0 aromatic heterocycles. The first-order valence-corrected chi connectivity index (χ1v) is 7.27. The molecule has 1 aromatic carbocycles. The Morgan fingerprint density at radius 1 is 1.50 bits per heavy atom. The normalized spacial score (nSPS) is 10.8. The van der Waals surface area contributed by atoms with Gasteiger partial charge in [-0.3, -0.25) is 0 Å². The lowest BCUT2D eigenvalue weighted by Crippen LogP contribution is -2.24. The zero-order chi connectivity index (χ0) is 15.2. The highest BCUT2D eigenvalue weighted by Gasteiger charge is 2.19. The van der Waals surface area contributed by atoms with E-state index in [1.165, 1.54) is 12.1 Å². The lowest BCUT2D eigenvalue weighted by Gasteiger charge is -2.10. The number of rotatable bonds is 7. The van der Waals surface area contributed by atoms with Gasteiger partial charge in [0.2, 0.25) is 10.0 Å². The summed E-state index contributed by atoms with van der Waals surface area (Å²) in [6.45, 7) is 1.93. The average molecular weight is 298 g/mol. The third-order valence-electron chi connectivity index (χ3n) is 2.32. The van der Waals surface area contributed by atoms with Crippen LogP contribution in [0, 0.1) is 11.3 Å². The lowest BCUT2D eigenvalue weighted by atomic mass is 10.2. The molecule has 20 heavy (non-hydrogen) atoms. The molecule has 0 heterocycles. The number of carboxylic acid groups (broad SMARTS) is 1. The van der Waals surface area contributed by atoms with Gasteiger partial charge in [-0.15, -0.1) is 0 Å². The summed E-state index contributed by atoms with van der Waals surface area (Å²) in [4.78, 5) is 10.9. The summed E-state index contributed by atoms with van der Waals surface area (Å²) in [7, 11) is -3.84. The van der Waals surface area contributed by atoms with Crippen LogP contribution in [0.2, 0.25) is 0 Å². The Morgan fingerprint density at radius 3 is 2.75 bits per heavy atom. The predicted octanol–water partition coefficient (Wildman–Crippen LogP) is 0.975. The summed E-state index contributed by atoms with van der Waals surface area (Å²) < 4.78 is 31.1. The van der Waals surface area contributed by atoms with Crippen LogP contribution in [0.25, 0.3) is 0 Å². The second-order valence-electron chi connectivity index (χ2n) is 3.70. The molecule has 8 heteroatoms. The van der Waals surface area contributed by atoms with E-state index in [1.54, 1.807) is 13.0 Å². The van der Waals surface area contributed by atoms with Gasteiger partial charge in [-0.1, -0.05) is 0 Å². The van der Waals surface area contributed by atoms with E-state index in [0.29, 0.717) is 0 Å². The number of carboxylic acids is 1. The number of nitriles is 1. The Kier molecular flexibility index (Phi) is 5.49. The van der Waals surface area contributed by atoms with E-state index in [9.17, 15) is 13.2 Å². The summed E-state index contributed by atoms with van der Waals surface area (Å²) in [6.07, 6.45) is 0.0298. The van der Waals surface area contributed by atoms with Crippen molar-refractivity contribution >= 4 is 16.0 Å². The summed E-state index contributed by atoms with van der Waals surface area (Å²) >= 11 is 0. The molecule has 1 rings (SSSR count). The maximum Gasteiger partial charge on any atom is 0.339 e. The summed E-state index contributed by atoms with van der Waals surface area (Å²) in [6, 6.07) is 5.39. The van der Waals surface area contributed by atoms with Gasteiger partial charge in [0.05, 0.1) is 17.6 Å².